The highest BCUT2D eigenvalue weighted by Gasteiger charge is 2.64. The van der Waals surface area contributed by atoms with Gasteiger partial charge in [-0.25, -0.2) is 0 Å². The number of aliphatic hydroxyl groups excluding tert-OH is 1. The van der Waals surface area contributed by atoms with Crippen LogP contribution in [0.25, 0.3) is 0 Å². The van der Waals surface area contributed by atoms with E-state index in [0.29, 0.717) is 56.0 Å². The molecule has 0 saturated heterocycles. The van der Waals surface area contributed by atoms with E-state index in [4.69, 9.17) is 9.47 Å². The Hall–Kier alpha value is -0.780. The summed E-state index contributed by atoms with van der Waals surface area (Å²) in [5, 5.41) is 10.6. The summed E-state index contributed by atoms with van der Waals surface area (Å²) in [7, 11) is 1.64. The van der Waals surface area contributed by atoms with Gasteiger partial charge in [-0.1, -0.05) is 13.8 Å². The van der Waals surface area contributed by atoms with Crippen LogP contribution in [0.2, 0.25) is 0 Å². The lowest BCUT2D eigenvalue weighted by Gasteiger charge is -2.59. The molecule has 0 aliphatic heterocycles. The molecular weight excluding hydrogens is 344 g/mol. The molecule has 0 aromatic carbocycles. The number of methoxy groups -OCH3 is 1. The van der Waals surface area contributed by atoms with Gasteiger partial charge in [0.05, 0.1) is 25.4 Å². The van der Waals surface area contributed by atoms with Gasteiger partial charge in [0.2, 0.25) is 0 Å². The first kappa shape index (κ1) is 19.5. The first-order chi connectivity index (χ1) is 12.8. The van der Waals surface area contributed by atoms with Crippen molar-refractivity contribution in [3.05, 3.63) is 0 Å². The number of hydrogen-bond acceptors (Lipinski definition) is 5. The van der Waals surface area contributed by atoms with Gasteiger partial charge in [0.25, 0.3) is 0 Å². The number of rotatable bonds is 4. The fraction of sp³-hybridized carbons (Fsp3) is 0.909. The van der Waals surface area contributed by atoms with Gasteiger partial charge in [0.15, 0.2) is 0 Å². The van der Waals surface area contributed by atoms with E-state index in [0.717, 1.165) is 25.7 Å². The Kier molecular flexibility index (Phi) is 5.01. The predicted octanol–water partition coefficient (Wildman–Crippen LogP) is 2.78. The van der Waals surface area contributed by atoms with Crippen molar-refractivity contribution >= 4 is 11.6 Å². The van der Waals surface area contributed by atoms with Crippen LogP contribution >= 0.6 is 0 Å². The average Bonchev–Trinajstić information content (AvgIpc) is 2.90. The molecule has 8 unspecified atom stereocenters. The van der Waals surface area contributed by atoms with E-state index < -0.39 is 11.5 Å². The Balaban J connectivity index is 1.60. The van der Waals surface area contributed by atoms with Crippen LogP contribution in [0.3, 0.4) is 0 Å². The third-order valence-corrected chi connectivity index (χ3v) is 8.68. The number of carbonyl (C=O) groups excluding carboxylic acids is 2. The molecule has 0 aromatic heterocycles. The summed E-state index contributed by atoms with van der Waals surface area (Å²) in [4.78, 5) is 25.9. The molecule has 4 fully saturated rings. The third-order valence-electron chi connectivity index (χ3n) is 8.68. The van der Waals surface area contributed by atoms with Gasteiger partial charge in [-0.15, -0.1) is 0 Å². The van der Waals surface area contributed by atoms with Gasteiger partial charge in [0.1, 0.15) is 11.6 Å². The lowest BCUT2D eigenvalue weighted by atomic mass is 9.44. The summed E-state index contributed by atoms with van der Waals surface area (Å²) >= 11 is 0. The normalized spacial score (nSPS) is 49.5. The van der Waals surface area contributed by atoms with Gasteiger partial charge in [0, 0.05) is 31.3 Å². The Morgan fingerprint density at radius 3 is 2.67 bits per heavy atom. The number of ketones is 2. The zero-order valence-electron chi connectivity index (χ0n) is 16.9. The maximum atomic E-state index is 13.4. The van der Waals surface area contributed by atoms with Crippen molar-refractivity contribution in [3.8, 4) is 0 Å². The minimum atomic E-state index is -0.464. The Morgan fingerprint density at radius 1 is 1.15 bits per heavy atom. The highest BCUT2D eigenvalue weighted by atomic mass is 16.5. The predicted molar refractivity (Wildman–Crippen MR) is 100 cm³/mol. The summed E-state index contributed by atoms with van der Waals surface area (Å²) in [6.45, 7) is 5.27. The van der Waals surface area contributed by atoms with Crippen LogP contribution in [-0.2, 0) is 19.1 Å². The quantitative estimate of drug-likeness (QED) is 0.762. The molecule has 0 heterocycles. The van der Waals surface area contributed by atoms with Crippen molar-refractivity contribution in [3.63, 3.8) is 0 Å². The zero-order chi connectivity index (χ0) is 19.4. The van der Waals surface area contributed by atoms with Crippen molar-refractivity contribution in [1.82, 2.24) is 0 Å². The first-order valence-electron chi connectivity index (χ1n) is 10.7. The van der Waals surface area contributed by atoms with Crippen LogP contribution in [0.1, 0.15) is 58.8 Å². The highest BCUT2D eigenvalue weighted by Crippen LogP contribution is 2.64. The Labute approximate surface area is 162 Å². The molecule has 0 bridgehead atoms. The van der Waals surface area contributed by atoms with Crippen LogP contribution in [-0.4, -0.2) is 49.2 Å². The largest absolute Gasteiger partial charge is 0.390 e. The lowest BCUT2D eigenvalue weighted by Crippen LogP contribution is -2.60. The van der Waals surface area contributed by atoms with E-state index in [2.05, 4.69) is 6.92 Å². The molecule has 0 amide bonds. The maximum absolute atomic E-state index is 13.4. The molecule has 152 valence electrons. The summed E-state index contributed by atoms with van der Waals surface area (Å²) in [6.07, 6.45) is 4.82. The van der Waals surface area contributed by atoms with E-state index in [9.17, 15) is 14.7 Å². The number of ether oxygens (including phenoxy) is 2. The number of hydrogen-bond donors (Lipinski definition) is 1. The molecule has 5 nitrogen and oxygen atoms in total. The van der Waals surface area contributed by atoms with E-state index in [1.165, 1.54) is 0 Å². The van der Waals surface area contributed by atoms with E-state index >= 15 is 0 Å². The maximum Gasteiger partial charge on any atom is 0.139 e. The molecule has 5 heteroatoms. The second-order valence-electron chi connectivity index (χ2n) is 9.96. The SMILES string of the molecule is COCCOC1CC2(C)C(CCC3C4CCC(=O)C4(C)CC(=O)C32)CC1O. The fourth-order valence-electron chi connectivity index (χ4n) is 7.31. The van der Waals surface area contributed by atoms with Crippen molar-refractivity contribution in [2.45, 2.75) is 71.0 Å². The summed E-state index contributed by atoms with van der Waals surface area (Å²) in [5.41, 5.74) is -0.562. The highest BCUT2D eigenvalue weighted by molar-refractivity contribution is 5.95. The van der Waals surface area contributed by atoms with Crippen LogP contribution in [0, 0.1) is 34.5 Å². The molecule has 0 radical (unpaired) electrons. The number of fused-ring (bicyclic) bond motifs is 5. The van der Waals surface area contributed by atoms with Gasteiger partial charge >= 0.3 is 0 Å². The second kappa shape index (κ2) is 6.93. The van der Waals surface area contributed by atoms with E-state index in [1.54, 1.807) is 7.11 Å². The first-order valence-corrected chi connectivity index (χ1v) is 10.7. The smallest absolute Gasteiger partial charge is 0.139 e. The Morgan fingerprint density at radius 2 is 1.93 bits per heavy atom. The summed E-state index contributed by atoms with van der Waals surface area (Å²) in [6, 6.07) is 0. The number of aliphatic hydroxyl groups is 1. The fourth-order valence-corrected chi connectivity index (χ4v) is 7.31. The molecule has 0 spiro atoms. The third kappa shape index (κ3) is 2.92. The van der Waals surface area contributed by atoms with Gasteiger partial charge in [-0.2, -0.15) is 0 Å². The van der Waals surface area contributed by atoms with Gasteiger partial charge in [-0.05, 0) is 55.3 Å². The van der Waals surface area contributed by atoms with Gasteiger partial charge < -0.3 is 14.6 Å². The van der Waals surface area contributed by atoms with E-state index in [-0.39, 0.29) is 23.2 Å². The van der Waals surface area contributed by atoms with Crippen molar-refractivity contribution in [2.75, 3.05) is 20.3 Å². The van der Waals surface area contributed by atoms with Crippen molar-refractivity contribution < 1.29 is 24.2 Å². The molecular formula is C22H34O5. The second-order valence-corrected chi connectivity index (χ2v) is 9.96. The zero-order valence-corrected chi connectivity index (χ0v) is 16.9. The van der Waals surface area contributed by atoms with E-state index in [1.807, 2.05) is 6.92 Å². The number of Topliss-reactive ketones (excluding diaryl/α,β-unsaturated/α-hetero) is 2. The van der Waals surface area contributed by atoms with Crippen molar-refractivity contribution in [1.29, 1.82) is 0 Å². The summed E-state index contributed by atoms with van der Waals surface area (Å²) in [5.74, 6) is 1.63. The molecule has 4 saturated carbocycles. The summed E-state index contributed by atoms with van der Waals surface area (Å²) < 4.78 is 11.0. The minimum absolute atomic E-state index is 0.0150. The average molecular weight is 379 g/mol. The topological polar surface area (TPSA) is 72.8 Å². The lowest BCUT2D eigenvalue weighted by molar-refractivity contribution is -0.180. The molecule has 0 aromatic rings. The van der Waals surface area contributed by atoms with Crippen LogP contribution in [0.5, 0.6) is 0 Å². The number of carbonyl (C=O) groups is 2. The minimum Gasteiger partial charge on any atom is -0.390 e. The standard InChI is InChI=1S/C22H34O5/c1-21-12-18(27-9-8-26-3)16(23)10-13(21)4-5-14-15-6-7-19(25)22(15,2)11-17(24)20(14)21/h13-16,18,20,23H,4-12H2,1-3H3. The monoisotopic (exact) mass is 378 g/mol. The van der Waals surface area contributed by atoms with Gasteiger partial charge in [-0.3, -0.25) is 9.59 Å². The van der Waals surface area contributed by atoms with Crippen LogP contribution in [0.4, 0.5) is 0 Å². The molecule has 4 aliphatic carbocycles. The molecule has 27 heavy (non-hydrogen) atoms. The van der Waals surface area contributed by atoms with Crippen LogP contribution < -0.4 is 0 Å². The molecule has 4 aliphatic rings. The van der Waals surface area contributed by atoms with Crippen LogP contribution in [0.15, 0.2) is 0 Å². The molecule has 8 atom stereocenters. The molecule has 1 N–H and O–H groups in total. The van der Waals surface area contributed by atoms with Crippen molar-refractivity contribution in [2.24, 2.45) is 34.5 Å². The molecule has 4 rings (SSSR count). The Bertz CT molecular complexity index is 618.